The summed E-state index contributed by atoms with van der Waals surface area (Å²) in [5.41, 5.74) is 3.37. The minimum absolute atomic E-state index is 0.112. The van der Waals surface area contributed by atoms with Gasteiger partial charge in [-0.25, -0.2) is 9.90 Å². The van der Waals surface area contributed by atoms with Crippen molar-refractivity contribution in [3.63, 3.8) is 0 Å². The highest BCUT2D eigenvalue weighted by Crippen LogP contribution is 2.42. The van der Waals surface area contributed by atoms with Crippen LogP contribution in [-0.2, 0) is 14.4 Å². The van der Waals surface area contributed by atoms with Crippen LogP contribution in [0.4, 0.5) is 0 Å². The lowest BCUT2D eigenvalue weighted by Crippen LogP contribution is -2.53. The molecular weight excluding hydrogens is 332 g/mol. The van der Waals surface area contributed by atoms with E-state index in [1.165, 1.54) is 15.7 Å². The van der Waals surface area contributed by atoms with Gasteiger partial charge in [0.1, 0.15) is 0 Å². The molecule has 1 aromatic rings. The monoisotopic (exact) mass is 358 g/mol. The van der Waals surface area contributed by atoms with E-state index in [1.54, 1.807) is 0 Å². The lowest BCUT2D eigenvalue weighted by Gasteiger charge is -2.42. The van der Waals surface area contributed by atoms with E-state index in [-0.39, 0.29) is 12.2 Å². The highest BCUT2D eigenvalue weighted by Gasteiger charge is 2.49. The lowest BCUT2D eigenvalue weighted by molar-refractivity contribution is -0.286. The highest BCUT2D eigenvalue weighted by atomic mass is 16.8. The fraction of sp³-hybridized carbons (Fsp3) is 0.550. The van der Waals surface area contributed by atoms with Gasteiger partial charge in [-0.05, 0) is 50.3 Å². The average Bonchev–Trinajstić information content (AvgIpc) is 3.21. The van der Waals surface area contributed by atoms with Gasteiger partial charge in [0.25, 0.3) is 5.91 Å². The summed E-state index contributed by atoms with van der Waals surface area (Å²) in [5.74, 6) is -0.112. The van der Waals surface area contributed by atoms with Gasteiger partial charge in [0, 0.05) is 25.1 Å². The quantitative estimate of drug-likeness (QED) is 0.900. The van der Waals surface area contributed by atoms with Crippen molar-refractivity contribution in [3.05, 3.63) is 41.0 Å². The molecule has 1 spiro atoms. The Morgan fingerprint density at radius 2 is 2.04 bits per heavy atom. The van der Waals surface area contributed by atoms with Crippen LogP contribution in [0.2, 0.25) is 0 Å². The highest BCUT2D eigenvalue weighted by molar-refractivity contribution is 6.22. The normalized spacial score (nSPS) is 26.0. The molecule has 2 fully saturated rings. The number of ether oxygens (including phenoxy) is 1. The van der Waals surface area contributed by atoms with Crippen LogP contribution in [0.5, 0.6) is 0 Å². The summed E-state index contributed by atoms with van der Waals surface area (Å²) < 4.78 is 5.60. The smallest absolute Gasteiger partial charge is 0.278 e. The molecule has 6 nitrogen and oxygen atoms in total. The Morgan fingerprint density at radius 3 is 2.69 bits per heavy atom. The minimum atomic E-state index is -0.519. The molecule has 0 radical (unpaired) electrons. The molecule has 140 valence electrons. The summed E-state index contributed by atoms with van der Waals surface area (Å²) in [5, 5.41) is 12.6. The second-order valence-corrected chi connectivity index (χ2v) is 7.58. The molecule has 26 heavy (non-hydrogen) atoms. The molecule has 1 amide bonds. The van der Waals surface area contributed by atoms with Crippen molar-refractivity contribution in [2.75, 3.05) is 19.7 Å². The van der Waals surface area contributed by atoms with E-state index in [1.807, 2.05) is 26.0 Å². The van der Waals surface area contributed by atoms with Gasteiger partial charge < -0.3 is 9.94 Å². The van der Waals surface area contributed by atoms with Gasteiger partial charge in [0.15, 0.2) is 6.29 Å². The van der Waals surface area contributed by atoms with Crippen LogP contribution >= 0.6 is 0 Å². The van der Waals surface area contributed by atoms with Crippen molar-refractivity contribution in [2.24, 2.45) is 0 Å². The molecule has 0 aliphatic carbocycles. The molecule has 3 heterocycles. The van der Waals surface area contributed by atoms with E-state index >= 15 is 0 Å². The van der Waals surface area contributed by atoms with E-state index in [4.69, 9.17) is 9.57 Å². The molecule has 4 rings (SSSR count). The molecular formula is C20H26N2O4. The van der Waals surface area contributed by atoms with Crippen LogP contribution in [0.15, 0.2) is 24.3 Å². The number of carbonyl (C=O) groups is 1. The number of piperidine rings is 1. The van der Waals surface area contributed by atoms with Crippen LogP contribution in [-0.4, -0.2) is 52.8 Å². The molecule has 3 aliphatic heterocycles. The molecule has 6 heteroatoms. The minimum Gasteiger partial charge on any atom is -0.350 e. The topological polar surface area (TPSA) is 62.2 Å². The first kappa shape index (κ1) is 17.7. The Bertz CT molecular complexity index is 731. The van der Waals surface area contributed by atoms with Crippen molar-refractivity contribution in [3.8, 4) is 0 Å². The Labute approximate surface area is 153 Å². The molecule has 0 aromatic heterocycles. The zero-order valence-electron chi connectivity index (χ0n) is 15.4. The number of benzene rings is 1. The van der Waals surface area contributed by atoms with Crippen LogP contribution < -0.4 is 0 Å². The van der Waals surface area contributed by atoms with Crippen LogP contribution in [0.25, 0.3) is 5.57 Å². The van der Waals surface area contributed by atoms with Gasteiger partial charge in [-0.15, -0.1) is 0 Å². The van der Waals surface area contributed by atoms with Crippen molar-refractivity contribution in [1.82, 2.24) is 10.1 Å². The molecule has 1 aromatic carbocycles. The molecule has 0 bridgehead atoms. The largest absolute Gasteiger partial charge is 0.350 e. The fourth-order valence-corrected chi connectivity index (χ4v) is 4.14. The molecule has 3 aliphatic rings. The predicted molar refractivity (Wildman–Crippen MR) is 96.1 cm³/mol. The molecule has 1 N–H and O–H groups in total. The third kappa shape index (κ3) is 3.07. The Kier molecular flexibility index (Phi) is 4.61. The van der Waals surface area contributed by atoms with Crippen LogP contribution in [0.3, 0.4) is 0 Å². The predicted octanol–water partition coefficient (Wildman–Crippen LogP) is 2.82. The standard InChI is InChI=1S/C20H26N2O4/c1-14-5-6-16(15(2)12-14)17-13-20(7-9-21(24)10-8-20)22(19(17)23)26-18-4-3-11-25-18/h5-6,12-13,18,24H,3-4,7-11H2,1-2H3. The maximum Gasteiger partial charge on any atom is 0.278 e. The molecule has 0 saturated carbocycles. The number of carbonyl (C=O) groups excluding carboxylic acids is 1. The SMILES string of the molecule is Cc1ccc(C2=CC3(CCN(O)CC3)N(OC3CCCO3)C2=O)c(C)c1. The summed E-state index contributed by atoms with van der Waals surface area (Å²) in [6.45, 7) is 5.77. The van der Waals surface area contributed by atoms with E-state index in [9.17, 15) is 10.0 Å². The first-order chi connectivity index (χ1) is 12.5. The number of hydrogen-bond acceptors (Lipinski definition) is 5. The van der Waals surface area contributed by atoms with Crippen LogP contribution in [0.1, 0.15) is 42.4 Å². The van der Waals surface area contributed by atoms with E-state index in [2.05, 4.69) is 12.1 Å². The maximum absolute atomic E-state index is 13.3. The zero-order valence-corrected chi connectivity index (χ0v) is 15.4. The molecule has 2 saturated heterocycles. The first-order valence-electron chi connectivity index (χ1n) is 9.36. The summed E-state index contributed by atoms with van der Waals surface area (Å²) in [6.07, 6.45) is 4.70. The third-order valence-corrected chi connectivity index (χ3v) is 5.62. The maximum atomic E-state index is 13.3. The number of hydrogen-bond donors (Lipinski definition) is 1. The van der Waals surface area contributed by atoms with E-state index in [0.717, 1.165) is 24.0 Å². The number of hydroxylamine groups is 4. The summed E-state index contributed by atoms with van der Waals surface area (Å²) >= 11 is 0. The van der Waals surface area contributed by atoms with Crippen LogP contribution in [0, 0.1) is 13.8 Å². The van der Waals surface area contributed by atoms with Crippen molar-refractivity contribution in [1.29, 1.82) is 0 Å². The lowest BCUT2D eigenvalue weighted by atomic mass is 9.87. The number of nitrogens with zero attached hydrogens (tertiary/aromatic N) is 2. The Balaban J connectivity index is 1.69. The zero-order chi connectivity index (χ0) is 18.3. The van der Waals surface area contributed by atoms with Crippen molar-refractivity contribution < 1.29 is 19.6 Å². The summed E-state index contributed by atoms with van der Waals surface area (Å²) in [4.78, 5) is 19.3. The van der Waals surface area contributed by atoms with Gasteiger partial charge in [-0.2, -0.15) is 5.06 Å². The number of amides is 1. The third-order valence-electron chi connectivity index (χ3n) is 5.62. The first-order valence-corrected chi connectivity index (χ1v) is 9.36. The van der Waals surface area contributed by atoms with Gasteiger partial charge >= 0.3 is 0 Å². The van der Waals surface area contributed by atoms with E-state index in [0.29, 0.717) is 38.1 Å². The number of rotatable bonds is 3. The Morgan fingerprint density at radius 1 is 1.27 bits per heavy atom. The molecule has 1 atom stereocenters. The second-order valence-electron chi connectivity index (χ2n) is 7.58. The average molecular weight is 358 g/mol. The number of aryl methyl sites for hydroxylation is 2. The van der Waals surface area contributed by atoms with Gasteiger partial charge in [0.05, 0.1) is 12.1 Å². The Hall–Kier alpha value is -1.73. The second kappa shape index (κ2) is 6.78. The summed E-state index contributed by atoms with van der Waals surface area (Å²) in [7, 11) is 0. The summed E-state index contributed by atoms with van der Waals surface area (Å²) in [6, 6.07) is 6.14. The van der Waals surface area contributed by atoms with Gasteiger partial charge in [0.2, 0.25) is 0 Å². The van der Waals surface area contributed by atoms with Crippen molar-refractivity contribution >= 4 is 11.5 Å². The fourth-order valence-electron chi connectivity index (χ4n) is 4.14. The molecule has 1 unspecified atom stereocenters. The van der Waals surface area contributed by atoms with E-state index < -0.39 is 5.54 Å². The van der Waals surface area contributed by atoms with Gasteiger partial charge in [-0.1, -0.05) is 23.8 Å². The van der Waals surface area contributed by atoms with Crippen molar-refractivity contribution in [2.45, 2.75) is 51.4 Å². The van der Waals surface area contributed by atoms with Gasteiger partial charge in [-0.3, -0.25) is 4.79 Å².